The highest BCUT2D eigenvalue weighted by atomic mass is 19.1. The Bertz CT molecular complexity index is 1090. The quantitative estimate of drug-likeness (QED) is 0.706. The van der Waals surface area contributed by atoms with Crippen LogP contribution in [-0.4, -0.2) is 31.7 Å². The van der Waals surface area contributed by atoms with Crippen LogP contribution in [0.1, 0.15) is 56.7 Å². The molecule has 7 nitrogen and oxygen atoms in total. The average Bonchev–Trinajstić information content (AvgIpc) is 3.48. The Morgan fingerprint density at radius 2 is 2.17 bits per heavy atom. The van der Waals surface area contributed by atoms with E-state index in [0.717, 1.165) is 12.8 Å². The summed E-state index contributed by atoms with van der Waals surface area (Å²) in [5.74, 6) is -0.327. The molecule has 30 heavy (non-hydrogen) atoms. The highest BCUT2D eigenvalue weighted by Crippen LogP contribution is 2.38. The molecule has 2 aromatic heterocycles. The Kier molecular flexibility index (Phi) is 4.90. The van der Waals surface area contributed by atoms with Gasteiger partial charge in [0.2, 0.25) is 5.82 Å². The molecule has 5 rings (SSSR count). The van der Waals surface area contributed by atoms with E-state index in [4.69, 9.17) is 9.26 Å². The number of nitrogens with zero attached hydrogens (tertiary/aromatic N) is 5. The molecule has 0 bridgehead atoms. The highest BCUT2D eigenvalue weighted by Gasteiger charge is 2.32. The third-order valence-electron chi connectivity index (χ3n) is 5.53. The summed E-state index contributed by atoms with van der Waals surface area (Å²) in [5.41, 5.74) is 1.66. The van der Waals surface area contributed by atoms with Crippen molar-refractivity contribution in [3.63, 3.8) is 0 Å². The van der Waals surface area contributed by atoms with Crippen molar-refractivity contribution in [2.24, 2.45) is 5.92 Å². The molecule has 156 valence electrons. The van der Waals surface area contributed by atoms with Gasteiger partial charge in [0.05, 0.1) is 11.3 Å². The van der Waals surface area contributed by atoms with Crippen molar-refractivity contribution >= 4 is 11.3 Å². The van der Waals surface area contributed by atoms with Gasteiger partial charge in [0.25, 0.3) is 5.89 Å². The van der Waals surface area contributed by atoms with E-state index < -0.39 is 0 Å². The first-order valence-corrected chi connectivity index (χ1v) is 10.2. The van der Waals surface area contributed by atoms with Crippen molar-refractivity contribution in [2.75, 3.05) is 6.61 Å². The van der Waals surface area contributed by atoms with E-state index in [1.807, 2.05) is 6.92 Å². The van der Waals surface area contributed by atoms with Crippen LogP contribution in [0.4, 0.5) is 8.78 Å². The second kappa shape index (κ2) is 7.71. The van der Waals surface area contributed by atoms with Gasteiger partial charge >= 0.3 is 0 Å². The van der Waals surface area contributed by atoms with E-state index in [1.165, 1.54) is 10.8 Å². The van der Waals surface area contributed by atoms with Gasteiger partial charge in [0.1, 0.15) is 23.5 Å². The summed E-state index contributed by atoms with van der Waals surface area (Å²) in [4.78, 5) is 4.37. The number of aromatic nitrogens is 5. The van der Waals surface area contributed by atoms with Gasteiger partial charge in [-0.05, 0) is 50.2 Å². The first kappa shape index (κ1) is 19.0. The van der Waals surface area contributed by atoms with Crippen molar-refractivity contribution in [1.29, 1.82) is 0 Å². The fourth-order valence-corrected chi connectivity index (χ4v) is 3.99. The molecular formula is C21H21F2N5O2. The summed E-state index contributed by atoms with van der Waals surface area (Å²) in [6.45, 7) is 2.54. The third-order valence-corrected chi connectivity index (χ3v) is 5.53. The Morgan fingerprint density at radius 1 is 1.27 bits per heavy atom. The molecule has 1 saturated heterocycles. The Balaban J connectivity index is 1.56. The maximum absolute atomic E-state index is 14.5. The van der Waals surface area contributed by atoms with Crippen LogP contribution in [0.2, 0.25) is 0 Å². The first-order valence-electron chi connectivity index (χ1n) is 10.2. The third kappa shape index (κ3) is 3.32. The highest BCUT2D eigenvalue weighted by molar-refractivity contribution is 5.74. The van der Waals surface area contributed by atoms with Crippen molar-refractivity contribution < 1.29 is 18.0 Å². The molecule has 0 spiro atoms. The molecular weight excluding hydrogens is 392 g/mol. The minimum atomic E-state index is -0.370. The second-order valence-electron chi connectivity index (χ2n) is 7.74. The van der Waals surface area contributed by atoms with Gasteiger partial charge in [-0.25, -0.2) is 13.5 Å². The normalized spacial score (nSPS) is 24.4. The van der Waals surface area contributed by atoms with Crippen molar-refractivity contribution in [3.05, 3.63) is 47.5 Å². The average molecular weight is 413 g/mol. The van der Waals surface area contributed by atoms with Crippen molar-refractivity contribution in [2.45, 2.75) is 45.1 Å². The number of rotatable bonds is 4. The summed E-state index contributed by atoms with van der Waals surface area (Å²) in [5, 5.41) is 12.3. The topological polar surface area (TPSA) is 78.9 Å². The molecule has 3 heterocycles. The molecule has 1 aliphatic heterocycles. The van der Waals surface area contributed by atoms with Crippen molar-refractivity contribution in [1.82, 2.24) is 25.1 Å². The van der Waals surface area contributed by atoms with Crippen LogP contribution in [-0.2, 0) is 4.74 Å². The van der Waals surface area contributed by atoms with Crippen LogP contribution in [0.5, 0.6) is 0 Å². The van der Waals surface area contributed by atoms with Gasteiger partial charge in [0, 0.05) is 6.61 Å². The summed E-state index contributed by atoms with van der Waals surface area (Å²) < 4.78 is 41.6. The van der Waals surface area contributed by atoms with Gasteiger partial charge in [-0.2, -0.15) is 4.98 Å². The van der Waals surface area contributed by atoms with Gasteiger partial charge in [-0.15, -0.1) is 5.10 Å². The molecule has 0 N–H and O–H groups in total. The monoisotopic (exact) mass is 413 g/mol. The molecule has 9 heteroatoms. The number of hydrogen-bond acceptors (Lipinski definition) is 6. The van der Waals surface area contributed by atoms with E-state index in [0.29, 0.717) is 48.5 Å². The fraction of sp³-hybridized carbons (Fsp3) is 0.429. The van der Waals surface area contributed by atoms with Crippen LogP contribution in [0.15, 0.2) is 40.5 Å². The standard InChI is InChI=1S/C21H21F2N5O2/c1-12-8-9-13(15(23)11-12)20-24-21(30-26-20)18-19(17-7-4-10-29-17)28(27-25-18)16-6-3-2-5-14(16)22/h2,5,9,11-12,17H,3-4,6-8,10H2,1H3. The maximum atomic E-state index is 14.5. The molecule has 2 aromatic rings. The lowest BCUT2D eigenvalue weighted by Gasteiger charge is -2.16. The minimum Gasteiger partial charge on any atom is -0.372 e. The summed E-state index contributed by atoms with van der Waals surface area (Å²) >= 11 is 0. The minimum absolute atomic E-state index is 0.112. The Morgan fingerprint density at radius 3 is 2.93 bits per heavy atom. The number of allylic oxidation sites excluding steroid dienone is 8. The van der Waals surface area contributed by atoms with E-state index in [2.05, 4.69) is 20.5 Å². The van der Waals surface area contributed by atoms with Gasteiger partial charge in [-0.3, -0.25) is 0 Å². The van der Waals surface area contributed by atoms with Gasteiger partial charge in [0.15, 0.2) is 5.69 Å². The first-order chi connectivity index (χ1) is 14.6. The lowest BCUT2D eigenvalue weighted by molar-refractivity contribution is 0.107. The molecule has 0 aromatic carbocycles. The fourth-order valence-electron chi connectivity index (χ4n) is 3.99. The summed E-state index contributed by atoms with van der Waals surface area (Å²) in [6, 6.07) is 0. The Labute approximate surface area is 171 Å². The summed E-state index contributed by atoms with van der Waals surface area (Å²) in [6.07, 6.45) is 9.79. The zero-order valence-corrected chi connectivity index (χ0v) is 16.5. The van der Waals surface area contributed by atoms with E-state index in [1.54, 1.807) is 18.2 Å². The number of halogens is 2. The largest absolute Gasteiger partial charge is 0.372 e. The smallest absolute Gasteiger partial charge is 0.280 e. The molecule has 3 aliphatic rings. The predicted octanol–water partition coefficient (Wildman–Crippen LogP) is 4.94. The molecule has 2 atom stereocenters. The Hall–Kier alpha value is -2.94. The lowest BCUT2D eigenvalue weighted by Crippen LogP contribution is -2.11. The van der Waals surface area contributed by atoms with E-state index in [-0.39, 0.29) is 35.4 Å². The summed E-state index contributed by atoms with van der Waals surface area (Å²) in [7, 11) is 0. The van der Waals surface area contributed by atoms with Crippen LogP contribution < -0.4 is 0 Å². The molecule has 0 radical (unpaired) electrons. The molecule has 0 saturated carbocycles. The maximum Gasteiger partial charge on any atom is 0.280 e. The number of ether oxygens (including phenoxy) is 1. The predicted molar refractivity (Wildman–Crippen MR) is 105 cm³/mol. The van der Waals surface area contributed by atoms with Crippen LogP contribution in [0, 0.1) is 5.92 Å². The van der Waals surface area contributed by atoms with Crippen LogP contribution in [0.3, 0.4) is 0 Å². The number of hydrogen-bond donors (Lipinski definition) is 0. The second-order valence-corrected chi connectivity index (χ2v) is 7.74. The van der Waals surface area contributed by atoms with Crippen molar-refractivity contribution in [3.8, 4) is 11.6 Å². The van der Waals surface area contributed by atoms with Crippen LogP contribution >= 0.6 is 0 Å². The molecule has 2 unspecified atom stereocenters. The van der Waals surface area contributed by atoms with E-state index >= 15 is 0 Å². The van der Waals surface area contributed by atoms with Crippen LogP contribution in [0.25, 0.3) is 22.9 Å². The van der Waals surface area contributed by atoms with E-state index in [9.17, 15) is 8.78 Å². The zero-order chi connectivity index (χ0) is 20.7. The van der Waals surface area contributed by atoms with Gasteiger partial charge < -0.3 is 9.26 Å². The SMILES string of the molecule is CC1C=C(F)C(c2noc(-c3nnn(C4=C(F)C=CCC4)c3C3CCCO3)n2)=CC1. The molecule has 2 aliphatic carbocycles. The lowest BCUT2D eigenvalue weighted by atomic mass is 9.97. The van der Waals surface area contributed by atoms with Gasteiger partial charge in [-0.1, -0.05) is 29.4 Å². The molecule has 1 fully saturated rings. The zero-order valence-electron chi connectivity index (χ0n) is 16.5. The molecule has 0 amide bonds.